The molecule has 0 unspecified atom stereocenters. The predicted octanol–water partition coefficient (Wildman–Crippen LogP) is 3.13. The van der Waals surface area contributed by atoms with E-state index < -0.39 is 0 Å². The number of hydrogen-bond acceptors (Lipinski definition) is 4. The molecule has 0 spiro atoms. The monoisotopic (exact) mass is 288 g/mol. The highest BCUT2D eigenvalue weighted by Crippen LogP contribution is 2.24. The minimum absolute atomic E-state index is 0.604. The molecule has 0 aliphatic heterocycles. The summed E-state index contributed by atoms with van der Waals surface area (Å²) in [5, 5.41) is 4.74. The summed E-state index contributed by atoms with van der Waals surface area (Å²) < 4.78 is 5.27. The number of rotatable bonds is 7. The van der Waals surface area contributed by atoms with Gasteiger partial charge < -0.3 is 10.1 Å². The van der Waals surface area contributed by atoms with Crippen LogP contribution in [0.3, 0.4) is 0 Å². The molecule has 3 rings (SSSR count). The molecule has 3 nitrogen and oxygen atoms in total. The lowest BCUT2D eigenvalue weighted by Crippen LogP contribution is -2.15. The van der Waals surface area contributed by atoms with E-state index in [2.05, 4.69) is 29.6 Å². The van der Waals surface area contributed by atoms with Crippen molar-refractivity contribution < 1.29 is 4.74 Å². The Morgan fingerprint density at radius 1 is 1.30 bits per heavy atom. The number of ether oxygens (including phenoxy) is 1. The molecule has 1 aromatic heterocycles. The summed E-state index contributed by atoms with van der Waals surface area (Å²) in [4.78, 5) is 6.07. The molecule has 0 radical (unpaired) electrons. The van der Waals surface area contributed by atoms with E-state index >= 15 is 0 Å². The third-order valence-electron chi connectivity index (χ3n) is 3.43. The average molecular weight is 288 g/mol. The molecule has 1 aliphatic carbocycles. The minimum Gasteiger partial charge on any atom is -0.378 e. The topological polar surface area (TPSA) is 34.1 Å². The van der Waals surface area contributed by atoms with Crippen LogP contribution in [0.2, 0.25) is 0 Å². The van der Waals surface area contributed by atoms with Gasteiger partial charge in [0.25, 0.3) is 0 Å². The van der Waals surface area contributed by atoms with Crippen LogP contribution in [0.4, 0.5) is 0 Å². The van der Waals surface area contributed by atoms with Gasteiger partial charge in [0, 0.05) is 31.0 Å². The van der Waals surface area contributed by atoms with Crippen LogP contribution in [0.15, 0.2) is 30.3 Å². The van der Waals surface area contributed by atoms with Gasteiger partial charge in [-0.1, -0.05) is 30.3 Å². The van der Waals surface area contributed by atoms with Crippen molar-refractivity contribution in [3.05, 3.63) is 51.5 Å². The Labute approximate surface area is 124 Å². The maximum Gasteiger partial charge on any atom is 0.0976 e. The van der Waals surface area contributed by atoms with Gasteiger partial charge in [-0.15, -0.1) is 11.3 Å². The molecule has 0 saturated heterocycles. The zero-order valence-corrected chi connectivity index (χ0v) is 12.6. The Kier molecular flexibility index (Phi) is 4.45. The summed E-state index contributed by atoms with van der Waals surface area (Å²) in [6.07, 6.45) is 3.54. The van der Waals surface area contributed by atoms with E-state index in [9.17, 15) is 0 Å². The van der Waals surface area contributed by atoms with Crippen molar-refractivity contribution in [2.45, 2.75) is 38.5 Å². The van der Waals surface area contributed by atoms with Gasteiger partial charge in [0.1, 0.15) is 0 Å². The van der Waals surface area contributed by atoms with Crippen LogP contribution < -0.4 is 5.32 Å². The summed E-state index contributed by atoms with van der Waals surface area (Å²) in [5.41, 5.74) is 2.41. The molecule has 20 heavy (non-hydrogen) atoms. The zero-order chi connectivity index (χ0) is 13.8. The molecule has 1 aromatic carbocycles. The molecule has 1 aliphatic rings. The first-order valence-corrected chi connectivity index (χ1v) is 7.90. The highest BCUT2D eigenvalue weighted by molar-refractivity contribution is 7.11. The van der Waals surface area contributed by atoms with E-state index in [0.29, 0.717) is 6.61 Å². The van der Waals surface area contributed by atoms with E-state index in [0.717, 1.165) is 24.7 Å². The van der Waals surface area contributed by atoms with Crippen molar-refractivity contribution in [3.8, 4) is 0 Å². The highest BCUT2D eigenvalue weighted by atomic mass is 32.1. The molecule has 0 amide bonds. The minimum atomic E-state index is 0.604. The predicted molar refractivity (Wildman–Crippen MR) is 81.9 cm³/mol. The molecular formula is C16H20N2OS. The smallest absolute Gasteiger partial charge is 0.0976 e. The van der Waals surface area contributed by atoms with E-state index in [4.69, 9.17) is 9.72 Å². The molecule has 1 fully saturated rings. The van der Waals surface area contributed by atoms with Crippen molar-refractivity contribution in [1.29, 1.82) is 0 Å². The van der Waals surface area contributed by atoms with Crippen LogP contribution in [0.25, 0.3) is 0 Å². The summed E-state index contributed by atoms with van der Waals surface area (Å²) in [5.74, 6) is 0. The Balaban J connectivity index is 1.71. The van der Waals surface area contributed by atoms with Gasteiger partial charge in [0.05, 0.1) is 17.3 Å². The third-order valence-corrected chi connectivity index (χ3v) is 4.53. The Morgan fingerprint density at radius 3 is 2.80 bits per heavy atom. The molecule has 0 atom stereocenters. The second kappa shape index (κ2) is 6.48. The summed E-state index contributed by atoms with van der Waals surface area (Å²) in [6.45, 7) is 1.53. The Morgan fingerprint density at radius 2 is 2.10 bits per heavy atom. The second-order valence-electron chi connectivity index (χ2n) is 5.23. The normalized spacial score (nSPS) is 14.7. The molecule has 2 aromatic rings. The van der Waals surface area contributed by atoms with Crippen LogP contribution in [0.5, 0.6) is 0 Å². The lowest BCUT2D eigenvalue weighted by molar-refractivity contribution is 0.181. The van der Waals surface area contributed by atoms with Crippen molar-refractivity contribution in [1.82, 2.24) is 10.3 Å². The quantitative estimate of drug-likeness (QED) is 0.850. The van der Waals surface area contributed by atoms with Crippen LogP contribution in [0, 0.1) is 0 Å². The summed E-state index contributed by atoms with van der Waals surface area (Å²) >= 11 is 1.81. The molecule has 0 bridgehead atoms. The Hall–Kier alpha value is -1.23. The lowest BCUT2D eigenvalue weighted by Gasteiger charge is -2.02. The van der Waals surface area contributed by atoms with E-state index in [-0.39, 0.29) is 0 Å². The van der Waals surface area contributed by atoms with E-state index in [1.807, 2.05) is 17.4 Å². The van der Waals surface area contributed by atoms with Crippen molar-refractivity contribution in [2.75, 3.05) is 7.11 Å². The molecule has 1 saturated carbocycles. The van der Waals surface area contributed by atoms with Crippen molar-refractivity contribution >= 4 is 11.3 Å². The summed E-state index contributed by atoms with van der Waals surface area (Å²) in [7, 11) is 1.73. The van der Waals surface area contributed by atoms with Gasteiger partial charge in [-0.2, -0.15) is 0 Å². The maximum absolute atomic E-state index is 5.27. The fourth-order valence-electron chi connectivity index (χ4n) is 2.20. The van der Waals surface area contributed by atoms with Gasteiger partial charge in [0.2, 0.25) is 0 Å². The number of nitrogens with zero attached hydrogens (tertiary/aromatic N) is 1. The van der Waals surface area contributed by atoms with Gasteiger partial charge in [-0.25, -0.2) is 4.98 Å². The first-order chi connectivity index (χ1) is 9.85. The average Bonchev–Trinajstić information content (AvgIpc) is 3.22. The molecule has 4 heteroatoms. The van der Waals surface area contributed by atoms with E-state index in [1.54, 1.807) is 7.11 Å². The largest absolute Gasteiger partial charge is 0.378 e. The number of methoxy groups -OCH3 is 1. The SMILES string of the molecule is COCc1nc(Cc2ccccc2)sc1CNC1CC1. The highest BCUT2D eigenvalue weighted by Gasteiger charge is 2.21. The molecule has 106 valence electrons. The van der Waals surface area contributed by atoms with Crippen LogP contribution >= 0.6 is 11.3 Å². The maximum atomic E-state index is 5.27. The number of thiazole rings is 1. The molecular weight excluding hydrogens is 268 g/mol. The first-order valence-electron chi connectivity index (χ1n) is 7.09. The fraction of sp³-hybridized carbons (Fsp3) is 0.438. The van der Waals surface area contributed by atoms with Crippen molar-refractivity contribution in [3.63, 3.8) is 0 Å². The van der Waals surface area contributed by atoms with Crippen molar-refractivity contribution in [2.24, 2.45) is 0 Å². The van der Waals surface area contributed by atoms with Gasteiger partial charge in [-0.3, -0.25) is 0 Å². The fourth-order valence-corrected chi connectivity index (χ4v) is 3.25. The van der Waals surface area contributed by atoms with Crippen LogP contribution in [-0.4, -0.2) is 18.1 Å². The number of hydrogen-bond donors (Lipinski definition) is 1. The lowest BCUT2D eigenvalue weighted by atomic mass is 10.2. The molecule has 1 heterocycles. The standard InChI is InChI=1S/C16H20N2OS/c1-19-11-14-15(10-17-13-7-8-13)20-16(18-14)9-12-5-3-2-4-6-12/h2-6,13,17H,7-11H2,1H3. The van der Waals surface area contributed by atoms with Crippen LogP contribution in [0.1, 0.15) is 34.0 Å². The number of benzene rings is 1. The zero-order valence-electron chi connectivity index (χ0n) is 11.8. The second-order valence-corrected chi connectivity index (χ2v) is 6.40. The Bertz CT molecular complexity index is 549. The third kappa shape index (κ3) is 3.66. The number of nitrogens with one attached hydrogen (secondary N) is 1. The van der Waals surface area contributed by atoms with Gasteiger partial charge in [0.15, 0.2) is 0 Å². The van der Waals surface area contributed by atoms with Gasteiger partial charge in [-0.05, 0) is 18.4 Å². The van der Waals surface area contributed by atoms with E-state index in [1.165, 1.54) is 28.3 Å². The molecule has 1 N–H and O–H groups in total. The van der Waals surface area contributed by atoms with Crippen LogP contribution in [-0.2, 0) is 24.3 Å². The summed E-state index contributed by atoms with van der Waals surface area (Å²) in [6, 6.07) is 11.2. The number of aromatic nitrogens is 1. The van der Waals surface area contributed by atoms with Gasteiger partial charge >= 0.3 is 0 Å². The first kappa shape index (κ1) is 13.7.